The Morgan fingerprint density at radius 1 is 1.09 bits per heavy atom. The fraction of sp³-hybridized carbons (Fsp3) is 0.391. The first-order chi connectivity index (χ1) is 15.7. The van der Waals surface area contributed by atoms with E-state index < -0.39 is 11.9 Å². The van der Waals surface area contributed by atoms with E-state index in [4.69, 9.17) is 16.3 Å². The number of esters is 1. The van der Waals surface area contributed by atoms with Gasteiger partial charge < -0.3 is 24.8 Å². The highest BCUT2D eigenvalue weighted by atomic mass is 35.5. The predicted molar refractivity (Wildman–Crippen MR) is 124 cm³/mol. The molecular formula is C23H27ClN4O5. The van der Waals surface area contributed by atoms with Crippen LogP contribution in [0, 0.1) is 6.92 Å². The van der Waals surface area contributed by atoms with Gasteiger partial charge in [0.2, 0.25) is 11.8 Å². The first-order valence-corrected chi connectivity index (χ1v) is 10.9. The fourth-order valence-corrected chi connectivity index (χ4v) is 4.02. The van der Waals surface area contributed by atoms with Crippen molar-refractivity contribution >= 4 is 40.9 Å². The molecule has 1 aliphatic heterocycles. The minimum absolute atomic E-state index is 0.146. The van der Waals surface area contributed by atoms with Crippen LogP contribution >= 0.6 is 11.6 Å². The molecule has 1 aromatic carbocycles. The average molecular weight is 475 g/mol. The number of halogens is 1. The van der Waals surface area contributed by atoms with Gasteiger partial charge in [-0.15, -0.1) is 0 Å². The van der Waals surface area contributed by atoms with Crippen LogP contribution in [-0.2, 0) is 20.7 Å². The van der Waals surface area contributed by atoms with E-state index >= 15 is 0 Å². The second-order valence-corrected chi connectivity index (χ2v) is 8.26. The topological polar surface area (TPSA) is 112 Å². The van der Waals surface area contributed by atoms with E-state index in [0.717, 1.165) is 5.69 Å². The van der Waals surface area contributed by atoms with Gasteiger partial charge in [-0.25, -0.2) is 4.79 Å². The van der Waals surface area contributed by atoms with Gasteiger partial charge in [0.15, 0.2) is 5.78 Å². The molecule has 176 valence electrons. The Morgan fingerprint density at radius 2 is 1.73 bits per heavy atom. The zero-order valence-corrected chi connectivity index (χ0v) is 19.6. The Morgan fingerprint density at radius 3 is 2.30 bits per heavy atom. The molecule has 1 aliphatic rings. The van der Waals surface area contributed by atoms with Crippen LogP contribution in [0.2, 0.25) is 5.02 Å². The second-order valence-electron chi connectivity index (χ2n) is 7.82. The first-order valence-electron chi connectivity index (χ1n) is 10.6. The SMILES string of the molecule is COC(=O)c1c(CC(=O)NCC(=O)N2CCN(c3ccc(Cl)cc3)CC2)[nH]c(C(C)=O)c1C. The third-order valence-electron chi connectivity index (χ3n) is 5.67. The van der Waals surface area contributed by atoms with Crippen LogP contribution in [0.3, 0.4) is 0 Å². The summed E-state index contributed by atoms with van der Waals surface area (Å²) >= 11 is 5.94. The van der Waals surface area contributed by atoms with E-state index in [1.807, 2.05) is 24.3 Å². The van der Waals surface area contributed by atoms with E-state index in [-0.39, 0.29) is 41.6 Å². The lowest BCUT2D eigenvalue weighted by Gasteiger charge is -2.36. The molecular weight excluding hydrogens is 448 g/mol. The Kier molecular flexibility index (Phi) is 7.75. The minimum atomic E-state index is -0.631. The monoisotopic (exact) mass is 474 g/mol. The lowest BCUT2D eigenvalue weighted by molar-refractivity contribution is -0.133. The summed E-state index contributed by atoms with van der Waals surface area (Å²) in [5.41, 5.74) is 2.19. The minimum Gasteiger partial charge on any atom is -0.465 e. The van der Waals surface area contributed by atoms with Crippen molar-refractivity contribution in [3.8, 4) is 0 Å². The summed E-state index contributed by atoms with van der Waals surface area (Å²) in [6.07, 6.45) is -0.184. The van der Waals surface area contributed by atoms with Gasteiger partial charge in [-0.2, -0.15) is 0 Å². The molecule has 2 heterocycles. The number of Topliss-reactive ketones (excluding diaryl/α,β-unsaturated/α-hetero) is 1. The van der Waals surface area contributed by atoms with Gasteiger partial charge in [-0.05, 0) is 36.8 Å². The number of anilines is 1. The first kappa shape index (κ1) is 24.3. The van der Waals surface area contributed by atoms with Crippen molar-refractivity contribution in [3.05, 3.63) is 51.8 Å². The van der Waals surface area contributed by atoms with Crippen LogP contribution in [0.1, 0.15) is 39.0 Å². The number of piperazine rings is 1. The van der Waals surface area contributed by atoms with Gasteiger partial charge in [-0.3, -0.25) is 14.4 Å². The quantitative estimate of drug-likeness (QED) is 0.468. The smallest absolute Gasteiger partial charge is 0.339 e. The third-order valence-corrected chi connectivity index (χ3v) is 5.92. The van der Waals surface area contributed by atoms with Crippen molar-refractivity contribution < 1.29 is 23.9 Å². The maximum Gasteiger partial charge on any atom is 0.339 e. The Bertz CT molecular complexity index is 1060. The maximum absolute atomic E-state index is 12.6. The van der Waals surface area contributed by atoms with Crippen LogP contribution in [0.25, 0.3) is 0 Å². The molecule has 10 heteroatoms. The standard InChI is InChI=1S/C23H27ClN4O5/c1-14-21(23(32)33-3)18(26-22(14)15(2)29)12-19(30)25-13-20(31)28-10-8-27(9-11-28)17-6-4-16(24)5-7-17/h4-7,26H,8-13H2,1-3H3,(H,25,30). The summed E-state index contributed by atoms with van der Waals surface area (Å²) in [7, 11) is 1.23. The lowest BCUT2D eigenvalue weighted by atomic mass is 10.1. The Labute approximate surface area is 197 Å². The number of hydrogen-bond donors (Lipinski definition) is 2. The van der Waals surface area contributed by atoms with Crippen LogP contribution in [0.5, 0.6) is 0 Å². The highest BCUT2D eigenvalue weighted by Gasteiger charge is 2.25. The summed E-state index contributed by atoms with van der Waals surface area (Å²) < 4.78 is 4.78. The second kappa shape index (κ2) is 10.5. The molecule has 33 heavy (non-hydrogen) atoms. The predicted octanol–water partition coefficient (Wildman–Crippen LogP) is 1.97. The third kappa shape index (κ3) is 5.73. The number of methoxy groups -OCH3 is 1. The van der Waals surface area contributed by atoms with Gasteiger partial charge in [0.25, 0.3) is 0 Å². The highest BCUT2D eigenvalue weighted by Crippen LogP contribution is 2.21. The molecule has 1 saturated heterocycles. The number of amides is 2. The van der Waals surface area contributed by atoms with Gasteiger partial charge in [0, 0.05) is 49.5 Å². The molecule has 0 aliphatic carbocycles. The molecule has 0 unspecified atom stereocenters. The van der Waals surface area contributed by atoms with E-state index in [1.165, 1.54) is 14.0 Å². The van der Waals surface area contributed by atoms with Crippen molar-refractivity contribution in [2.45, 2.75) is 20.3 Å². The van der Waals surface area contributed by atoms with Crippen LogP contribution in [0.15, 0.2) is 24.3 Å². The number of H-pyrrole nitrogens is 1. The van der Waals surface area contributed by atoms with Crippen molar-refractivity contribution in [3.63, 3.8) is 0 Å². The highest BCUT2D eigenvalue weighted by molar-refractivity contribution is 6.30. The molecule has 0 atom stereocenters. The van der Waals surface area contributed by atoms with E-state index in [2.05, 4.69) is 15.2 Å². The largest absolute Gasteiger partial charge is 0.465 e. The number of nitrogens with zero attached hydrogens (tertiary/aromatic N) is 2. The van der Waals surface area contributed by atoms with Gasteiger partial charge >= 0.3 is 5.97 Å². The van der Waals surface area contributed by atoms with E-state index in [1.54, 1.807) is 11.8 Å². The molecule has 0 saturated carbocycles. The molecule has 0 bridgehead atoms. The van der Waals surface area contributed by atoms with Crippen LogP contribution < -0.4 is 10.2 Å². The molecule has 0 radical (unpaired) electrons. The summed E-state index contributed by atoms with van der Waals surface area (Å²) in [5, 5.41) is 3.28. The van der Waals surface area contributed by atoms with Gasteiger partial charge in [0.05, 0.1) is 31.3 Å². The molecule has 9 nitrogen and oxygen atoms in total. The van der Waals surface area contributed by atoms with E-state index in [9.17, 15) is 19.2 Å². The van der Waals surface area contributed by atoms with Crippen LogP contribution in [0.4, 0.5) is 5.69 Å². The zero-order chi connectivity index (χ0) is 24.1. The number of benzene rings is 1. The van der Waals surface area contributed by atoms with Gasteiger partial charge in [0.1, 0.15) is 0 Å². The number of carbonyl (C=O) groups is 4. The van der Waals surface area contributed by atoms with Gasteiger partial charge in [-0.1, -0.05) is 11.6 Å². The molecule has 0 spiro atoms. The summed E-state index contributed by atoms with van der Waals surface area (Å²) in [4.78, 5) is 55.7. The lowest BCUT2D eigenvalue weighted by Crippen LogP contribution is -2.51. The number of aromatic amines is 1. The van der Waals surface area contributed by atoms with Crippen molar-refractivity contribution in [2.24, 2.45) is 0 Å². The average Bonchev–Trinajstić information content (AvgIpc) is 3.13. The normalized spacial score (nSPS) is 13.6. The molecule has 1 fully saturated rings. The number of nitrogens with one attached hydrogen (secondary N) is 2. The van der Waals surface area contributed by atoms with Crippen molar-refractivity contribution in [1.82, 2.24) is 15.2 Å². The zero-order valence-electron chi connectivity index (χ0n) is 18.9. The molecule has 1 aromatic heterocycles. The molecule has 2 N–H and O–H groups in total. The number of hydrogen-bond acceptors (Lipinski definition) is 6. The summed E-state index contributed by atoms with van der Waals surface area (Å²) in [5.74, 6) is -1.50. The van der Waals surface area contributed by atoms with Crippen molar-refractivity contribution in [1.29, 1.82) is 0 Å². The maximum atomic E-state index is 12.6. The van der Waals surface area contributed by atoms with Crippen LogP contribution in [-0.4, -0.2) is 73.3 Å². The number of aromatic nitrogens is 1. The summed E-state index contributed by atoms with van der Waals surface area (Å²) in [6, 6.07) is 7.56. The fourth-order valence-electron chi connectivity index (χ4n) is 3.90. The van der Waals surface area contributed by atoms with E-state index in [0.29, 0.717) is 36.8 Å². The molecule has 3 rings (SSSR count). The summed E-state index contributed by atoms with van der Waals surface area (Å²) in [6.45, 7) is 5.29. The van der Waals surface area contributed by atoms with Crippen molar-refractivity contribution in [2.75, 3.05) is 44.7 Å². The number of carbonyl (C=O) groups excluding carboxylic acids is 4. The Hall–Kier alpha value is -3.33. The molecule has 2 aromatic rings. The number of ether oxygens (including phenoxy) is 1. The molecule has 2 amide bonds. The number of rotatable bonds is 7. The number of ketones is 1. The Balaban J connectivity index is 1.54.